The van der Waals surface area contributed by atoms with Crippen molar-refractivity contribution in [3.05, 3.63) is 11.4 Å². The van der Waals surface area contributed by atoms with Crippen molar-refractivity contribution in [1.82, 2.24) is 9.97 Å². The smallest absolute Gasteiger partial charge is 0.221 e. The first-order valence-electron chi connectivity index (χ1n) is 8.01. The molecule has 0 fully saturated rings. The van der Waals surface area contributed by atoms with Crippen LogP contribution in [0.15, 0.2) is 0 Å². The van der Waals surface area contributed by atoms with E-state index in [1.807, 2.05) is 6.92 Å². The number of anilines is 1. The number of hydrogen-bond donors (Lipinski definition) is 1. The van der Waals surface area contributed by atoms with Crippen molar-refractivity contribution in [1.29, 1.82) is 0 Å². The highest BCUT2D eigenvalue weighted by atomic mass is 16.5. The molecule has 4 heteroatoms. The Bertz CT molecular complexity index is 450. The molecule has 0 aliphatic rings. The topological polar surface area (TPSA) is 47.0 Å². The van der Waals surface area contributed by atoms with Gasteiger partial charge in [0.25, 0.3) is 0 Å². The predicted molar refractivity (Wildman–Crippen MR) is 89.2 cm³/mol. The summed E-state index contributed by atoms with van der Waals surface area (Å²) in [5.41, 5.74) is 0.909. The van der Waals surface area contributed by atoms with Crippen molar-refractivity contribution in [2.45, 2.75) is 66.7 Å². The molecule has 1 rings (SSSR count). The Balaban J connectivity index is 3.03. The molecule has 0 saturated carbocycles. The van der Waals surface area contributed by atoms with Crippen LogP contribution in [-0.2, 0) is 5.41 Å². The fourth-order valence-electron chi connectivity index (χ4n) is 1.78. The standard InChI is InChI=1S/C17H31N3O/c1-8-10-18-14-13(4)15(21-11-9-12(2)3)20-16(19-14)17(5,6)7/h12H,8-11H2,1-7H3,(H,18,19,20). The minimum absolute atomic E-state index is 0.0908. The minimum atomic E-state index is -0.0908. The Morgan fingerprint density at radius 3 is 2.38 bits per heavy atom. The maximum atomic E-state index is 5.91. The Morgan fingerprint density at radius 1 is 1.19 bits per heavy atom. The molecule has 0 unspecified atom stereocenters. The molecule has 0 amide bonds. The number of ether oxygens (including phenoxy) is 1. The van der Waals surface area contributed by atoms with E-state index >= 15 is 0 Å². The first-order valence-corrected chi connectivity index (χ1v) is 8.01. The zero-order valence-corrected chi connectivity index (χ0v) is 14.7. The van der Waals surface area contributed by atoms with Crippen LogP contribution in [0.25, 0.3) is 0 Å². The van der Waals surface area contributed by atoms with Crippen LogP contribution in [0.1, 0.15) is 65.8 Å². The number of nitrogens with one attached hydrogen (secondary N) is 1. The molecule has 0 saturated heterocycles. The third-order valence-electron chi connectivity index (χ3n) is 3.25. The van der Waals surface area contributed by atoms with Gasteiger partial charge in [0.15, 0.2) is 0 Å². The third-order valence-corrected chi connectivity index (χ3v) is 3.25. The lowest BCUT2D eigenvalue weighted by Gasteiger charge is -2.21. The monoisotopic (exact) mass is 293 g/mol. The molecule has 1 aromatic rings. The van der Waals surface area contributed by atoms with E-state index in [0.29, 0.717) is 18.4 Å². The summed E-state index contributed by atoms with van der Waals surface area (Å²) in [5, 5.41) is 3.38. The Kier molecular flexibility index (Phi) is 6.43. The van der Waals surface area contributed by atoms with E-state index in [-0.39, 0.29) is 5.41 Å². The number of rotatable bonds is 7. The van der Waals surface area contributed by atoms with Crippen LogP contribution in [0, 0.1) is 12.8 Å². The molecular formula is C17H31N3O. The summed E-state index contributed by atoms with van der Waals surface area (Å²) in [7, 11) is 0. The first kappa shape index (κ1) is 17.7. The van der Waals surface area contributed by atoms with Crippen LogP contribution in [0.3, 0.4) is 0 Å². The molecule has 0 aliphatic carbocycles. The normalized spacial score (nSPS) is 11.8. The quantitative estimate of drug-likeness (QED) is 0.813. The van der Waals surface area contributed by atoms with Crippen molar-refractivity contribution >= 4 is 5.82 Å². The highest BCUT2D eigenvalue weighted by Gasteiger charge is 2.21. The lowest BCUT2D eigenvalue weighted by molar-refractivity contribution is 0.274. The zero-order valence-electron chi connectivity index (χ0n) is 14.7. The van der Waals surface area contributed by atoms with Crippen molar-refractivity contribution in [2.75, 3.05) is 18.5 Å². The SMILES string of the molecule is CCCNc1nc(C(C)(C)C)nc(OCCC(C)C)c1C. The van der Waals surface area contributed by atoms with E-state index in [9.17, 15) is 0 Å². The fraction of sp³-hybridized carbons (Fsp3) is 0.765. The van der Waals surface area contributed by atoms with Crippen LogP contribution >= 0.6 is 0 Å². The fourth-order valence-corrected chi connectivity index (χ4v) is 1.78. The average Bonchev–Trinajstić information content (AvgIpc) is 2.37. The maximum absolute atomic E-state index is 5.91. The maximum Gasteiger partial charge on any atom is 0.221 e. The van der Waals surface area contributed by atoms with Gasteiger partial charge in [0.05, 0.1) is 12.2 Å². The highest BCUT2D eigenvalue weighted by Crippen LogP contribution is 2.27. The second-order valence-electron chi connectivity index (χ2n) is 7.03. The van der Waals surface area contributed by atoms with E-state index in [1.54, 1.807) is 0 Å². The summed E-state index contributed by atoms with van der Waals surface area (Å²) >= 11 is 0. The van der Waals surface area contributed by atoms with Gasteiger partial charge in [-0.2, -0.15) is 4.98 Å². The Labute approximate surface area is 129 Å². The average molecular weight is 293 g/mol. The van der Waals surface area contributed by atoms with Gasteiger partial charge in [-0.05, 0) is 25.7 Å². The highest BCUT2D eigenvalue weighted by molar-refractivity contribution is 5.49. The molecule has 0 spiro atoms. The number of nitrogens with zero attached hydrogens (tertiary/aromatic N) is 2. The minimum Gasteiger partial charge on any atom is -0.477 e. The van der Waals surface area contributed by atoms with Crippen LogP contribution in [0.2, 0.25) is 0 Å². The van der Waals surface area contributed by atoms with Crippen LogP contribution in [0.4, 0.5) is 5.82 Å². The lowest BCUT2D eigenvalue weighted by atomic mass is 9.95. The van der Waals surface area contributed by atoms with Gasteiger partial charge in [-0.15, -0.1) is 0 Å². The van der Waals surface area contributed by atoms with Gasteiger partial charge in [-0.25, -0.2) is 4.98 Å². The molecule has 21 heavy (non-hydrogen) atoms. The van der Waals surface area contributed by atoms with Crippen molar-refractivity contribution in [3.8, 4) is 5.88 Å². The van der Waals surface area contributed by atoms with Gasteiger partial charge >= 0.3 is 0 Å². The molecule has 0 bridgehead atoms. The summed E-state index contributed by atoms with van der Waals surface area (Å²) in [6.07, 6.45) is 2.10. The molecule has 1 aromatic heterocycles. The van der Waals surface area contributed by atoms with Gasteiger partial charge < -0.3 is 10.1 Å². The summed E-state index contributed by atoms with van der Waals surface area (Å²) < 4.78 is 5.91. The predicted octanol–water partition coefficient (Wildman–Crippen LogP) is 4.33. The number of aromatic nitrogens is 2. The first-order chi connectivity index (χ1) is 9.75. The molecule has 0 aliphatic heterocycles. The van der Waals surface area contributed by atoms with Crippen LogP contribution in [0.5, 0.6) is 5.88 Å². The Hall–Kier alpha value is -1.32. The van der Waals surface area contributed by atoms with Gasteiger partial charge in [-0.3, -0.25) is 0 Å². The third kappa shape index (κ3) is 5.52. The molecule has 4 nitrogen and oxygen atoms in total. The van der Waals surface area contributed by atoms with Crippen molar-refractivity contribution in [2.24, 2.45) is 5.92 Å². The van der Waals surface area contributed by atoms with Crippen LogP contribution in [-0.4, -0.2) is 23.1 Å². The van der Waals surface area contributed by atoms with Crippen molar-refractivity contribution in [3.63, 3.8) is 0 Å². The van der Waals surface area contributed by atoms with E-state index in [0.717, 1.165) is 36.6 Å². The van der Waals surface area contributed by atoms with Crippen LogP contribution < -0.4 is 10.1 Å². The summed E-state index contributed by atoms with van der Waals surface area (Å²) in [5.74, 6) is 3.07. The number of hydrogen-bond acceptors (Lipinski definition) is 4. The molecular weight excluding hydrogens is 262 g/mol. The summed E-state index contributed by atoms with van der Waals surface area (Å²) in [6, 6.07) is 0. The van der Waals surface area contributed by atoms with E-state index in [2.05, 4.69) is 56.8 Å². The largest absolute Gasteiger partial charge is 0.477 e. The molecule has 0 atom stereocenters. The lowest BCUT2D eigenvalue weighted by Crippen LogP contribution is -2.19. The van der Waals surface area contributed by atoms with E-state index in [1.165, 1.54) is 0 Å². The molecule has 120 valence electrons. The molecule has 1 heterocycles. The Morgan fingerprint density at radius 2 is 1.86 bits per heavy atom. The summed E-state index contributed by atoms with van der Waals surface area (Å²) in [6.45, 7) is 16.6. The second kappa shape index (κ2) is 7.62. The van der Waals surface area contributed by atoms with Gasteiger partial charge in [0, 0.05) is 12.0 Å². The van der Waals surface area contributed by atoms with Crippen molar-refractivity contribution < 1.29 is 4.74 Å². The molecule has 1 N–H and O–H groups in total. The van der Waals surface area contributed by atoms with Gasteiger partial charge in [0.2, 0.25) is 5.88 Å². The van der Waals surface area contributed by atoms with E-state index in [4.69, 9.17) is 4.74 Å². The molecule has 0 aromatic carbocycles. The summed E-state index contributed by atoms with van der Waals surface area (Å²) in [4.78, 5) is 9.32. The van der Waals surface area contributed by atoms with Gasteiger partial charge in [0.1, 0.15) is 11.6 Å². The van der Waals surface area contributed by atoms with E-state index < -0.39 is 0 Å². The molecule has 0 radical (unpaired) electrons. The second-order valence-corrected chi connectivity index (χ2v) is 7.03. The zero-order chi connectivity index (χ0) is 16.0. The van der Waals surface area contributed by atoms with Gasteiger partial charge in [-0.1, -0.05) is 41.5 Å².